The number of fused-ring (bicyclic) bond motifs is 3. The number of hydrogen-bond acceptors (Lipinski definition) is 2. The van der Waals surface area contributed by atoms with E-state index in [0.717, 1.165) is 37.4 Å². The van der Waals surface area contributed by atoms with Crippen molar-refractivity contribution in [2.75, 3.05) is 13.1 Å². The van der Waals surface area contributed by atoms with Gasteiger partial charge >= 0.3 is 0 Å². The van der Waals surface area contributed by atoms with Gasteiger partial charge in [-0.15, -0.1) is 0 Å². The lowest BCUT2D eigenvalue weighted by molar-refractivity contribution is -0.118. The first-order valence-electron chi connectivity index (χ1n) is 6.73. The van der Waals surface area contributed by atoms with Crippen molar-refractivity contribution in [3.05, 3.63) is 0 Å². The molecule has 3 aliphatic rings. The van der Waals surface area contributed by atoms with Gasteiger partial charge in [0.05, 0.1) is 0 Å². The molecular formula is C13H24N2O. The predicted molar refractivity (Wildman–Crippen MR) is 65.2 cm³/mol. The minimum atomic E-state index is 0.0803. The van der Waals surface area contributed by atoms with Crippen molar-refractivity contribution in [1.82, 2.24) is 10.6 Å². The maximum atomic E-state index is 10.7. The van der Waals surface area contributed by atoms with Gasteiger partial charge in [-0.05, 0) is 44.1 Å². The fourth-order valence-electron chi connectivity index (χ4n) is 3.27. The second-order valence-corrected chi connectivity index (χ2v) is 5.41. The van der Waals surface area contributed by atoms with Crippen molar-refractivity contribution >= 4 is 5.91 Å². The van der Waals surface area contributed by atoms with E-state index >= 15 is 0 Å². The number of amides is 1. The van der Waals surface area contributed by atoms with Crippen molar-refractivity contribution < 1.29 is 4.79 Å². The van der Waals surface area contributed by atoms with E-state index in [1.807, 2.05) is 0 Å². The molecule has 3 aliphatic carbocycles. The van der Waals surface area contributed by atoms with E-state index in [4.69, 9.17) is 0 Å². The summed E-state index contributed by atoms with van der Waals surface area (Å²) in [6.07, 6.45) is 8.25. The largest absolute Gasteiger partial charge is 0.356 e. The molecule has 0 heterocycles. The summed E-state index contributed by atoms with van der Waals surface area (Å²) in [5.41, 5.74) is 0. The zero-order valence-corrected chi connectivity index (χ0v) is 10.3. The highest BCUT2D eigenvalue weighted by Crippen LogP contribution is 2.41. The van der Waals surface area contributed by atoms with Gasteiger partial charge in [-0.25, -0.2) is 0 Å². The van der Waals surface area contributed by atoms with Crippen LogP contribution in [0.2, 0.25) is 0 Å². The second-order valence-electron chi connectivity index (χ2n) is 5.41. The van der Waals surface area contributed by atoms with Crippen LogP contribution < -0.4 is 10.6 Å². The monoisotopic (exact) mass is 224 g/mol. The first-order valence-corrected chi connectivity index (χ1v) is 6.73. The highest BCUT2D eigenvalue weighted by Gasteiger charge is 2.34. The average molecular weight is 224 g/mol. The van der Waals surface area contributed by atoms with E-state index in [-0.39, 0.29) is 5.91 Å². The highest BCUT2D eigenvalue weighted by molar-refractivity contribution is 5.72. The third-order valence-electron chi connectivity index (χ3n) is 4.18. The van der Waals surface area contributed by atoms with Gasteiger partial charge in [0.15, 0.2) is 0 Å². The van der Waals surface area contributed by atoms with E-state index in [9.17, 15) is 4.79 Å². The van der Waals surface area contributed by atoms with Crippen molar-refractivity contribution in [1.29, 1.82) is 0 Å². The minimum Gasteiger partial charge on any atom is -0.356 e. The molecular weight excluding hydrogens is 200 g/mol. The van der Waals surface area contributed by atoms with E-state index in [1.54, 1.807) is 6.92 Å². The molecule has 0 saturated heterocycles. The maximum Gasteiger partial charge on any atom is 0.216 e. The number of carbonyl (C=O) groups is 1. The first-order chi connectivity index (χ1) is 7.75. The molecule has 0 aliphatic heterocycles. The number of hydrogen-bond donors (Lipinski definition) is 2. The summed E-state index contributed by atoms with van der Waals surface area (Å²) < 4.78 is 0. The smallest absolute Gasteiger partial charge is 0.216 e. The van der Waals surface area contributed by atoms with Gasteiger partial charge in [-0.2, -0.15) is 0 Å². The predicted octanol–water partition coefficient (Wildman–Crippen LogP) is 1.68. The van der Waals surface area contributed by atoms with Crippen LogP contribution in [0.15, 0.2) is 0 Å². The Kier molecular flexibility index (Phi) is 4.22. The Hall–Kier alpha value is -0.570. The fourth-order valence-corrected chi connectivity index (χ4v) is 3.27. The van der Waals surface area contributed by atoms with Crippen molar-refractivity contribution in [2.45, 2.75) is 51.5 Å². The Balaban J connectivity index is 1.58. The summed E-state index contributed by atoms with van der Waals surface area (Å²) >= 11 is 0. The zero-order valence-electron chi connectivity index (χ0n) is 10.3. The van der Waals surface area contributed by atoms with E-state index in [2.05, 4.69) is 10.6 Å². The Labute approximate surface area is 98.4 Å². The molecule has 0 aromatic heterocycles. The van der Waals surface area contributed by atoms with Crippen LogP contribution in [0.3, 0.4) is 0 Å². The summed E-state index contributed by atoms with van der Waals surface area (Å²) in [6.45, 7) is 3.44. The topological polar surface area (TPSA) is 41.1 Å². The lowest BCUT2D eigenvalue weighted by atomic mass is 9.68. The van der Waals surface area contributed by atoms with Gasteiger partial charge in [0.2, 0.25) is 5.91 Å². The molecule has 1 amide bonds. The third kappa shape index (κ3) is 3.21. The van der Waals surface area contributed by atoms with Crippen LogP contribution in [0.5, 0.6) is 0 Å². The molecule has 1 unspecified atom stereocenters. The van der Waals surface area contributed by atoms with Crippen LogP contribution >= 0.6 is 0 Å². The molecule has 3 nitrogen and oxygen atoms in total. The second kappa shape index (κ2) is 5.67. The van der Waals surface area contributed by atoms with Crippen LogP contribution in [0.1, 0.15) is 45.4 Å². The summed E-state index contributed by atoms with van der Waals surface area (Å²) in [5.74, 6) is 2.01. The molecule has 0 spiro atoms. The van der Waals surface area contributed by atoms with Gasteiger partial charge in [0, 0.05) is 19.5 Å². The van der Waals surface area contributed by atoms with Gasteiger partial charge < -0.3 is 10.6 Å². The third-order valence-corrected chi connectivity index (χ3v) is 4.18. The van der Waals surface area contributed by atoms with Crippen LogP contribution in [-0.4, -0.2) is 25.0 Å². The van der Waals surface area contributed by atoms with E-state index < -0.39 is 0 Å². The molecule has 3 saturated carbocycles. The van der Waals surface area contributed by atoms with Gasteiger partial charge in [-0.1, -0.05) is 12.8 Å². The molecule has 0 radical (unpaired) electrons. The summed E-state index contributed by atoms with van der Waals surface area (Å²) in [4.78, 5) is 10.7. The van der Waals surface area contributed by atoms with Gasteiger partial charge in [0.1, 0.15) is 0 Å². The minimum absolute atomic E-state index is 0.0803. The Morgan fingerprint density at radius 3 is 2.50 bits per heavy atom. The molecule has 1 atom stereocenters. The first kappa shape index (κ1) is 11.9. The average Bonchev–Trinajstić information content (AvgIpc) is 2.30. The molecule has 2 N–H and O–H groups in total. The SMILES string of the molecule is CC(=O)NCCCNC1CC2CCC1CC2. The molecule has 3 rings (SSSR count). The highest BCUT2D eigenvalue weighted by atomic mass is 16.1. The number of nitrogens with one attached hydrogen (secondary N) is 2. The summed E-state index contributed by atoms with van der Waals surface area (Å²) in [5, 5.41) is 6.51. The fraction of sp³-hybridized carbons (Fsp3) is 0.923. The Morgan fingerprint density at radius 1 is 1.19 bits per heavy atom. The normalized spacial score (nSPS) is 32.7. The quantitative estimate of drug-likeness (QED) is 0.698. The lowest BCUT2D eigenvalue weighted by Gasteiger charge is -2.42. The molecule has 3 fully saturated rings. The van der Waals surface area contributed by atoms with E-state index in [0.29, 0.717) is 0 Å². The van der Waals surface area contributed by atoms with Crippen molar-refractivity contribution in [3.63, 3.8) is 0 Å². The van der Waals surface area contributed by atoms with Gasteiger partial charge in [-0.3, -0.25) is 4.79 Å². The molecule has 2 bridgehead atoms. The van der Waals surface area contributed by atoms with Crippen molar-refractivity contribution in [3.8, 4) is 0 Å². The maximum absolute atomic E-state index is 10.7. The molecule has 0 aromatic carbocycles. The molecule has 0 aromatic rings. The zero-order chi connectivity index (χ0) is 11.4. The van der Waals surface area contributed by atoms with Crippen LogP contribution in [0.4, 0.5) is 0 Å². The summed E-state index contributed by atoms with van der Waals surface area (Å²) in [7, 11) is 0. The van der Waals surface area contributed by atoms with E-state index in [1.165, 1.54) is 32.1 Å². The van der Waals surface area contributed by atoms with Crippen LogP contribution in [-0.2, 0) is 4.79 Å². The summed E-state index contributed by atoms with van der Waals surface area (Å²) in [6, 6.07) is 0.768. The molecule has 3 heteroatoms. The number of rotatable bonds is 5. The molecule has 16 heavy (non-hydrogen) atoms. The van der Waals surface area contributed by atoms with Crippen LogP contribution in [0.25, 0.3) is 0 Å². The lowest BCUT2D eigenvalue weighted by Crippen LogP contribution is -2.45. The van der Waals surface area contributed by atoms with Gasteiger partial charge in [0.25, 0.3) is 0 Å². The standard InChI is InChI=1S/C13H24N2O/c1-10(16)14-7-2-8-15-13-9-11-3-5-12(13)6-4-11/h11-13,15H,2-9H2,1H3,(H,14,16). The Morgan fingerprint density at radius 2 is 1.94 bits per heavy atom. The molecule has 92 valence electrons. The number of carbonyl (C=O) groups excluding carboxylic acids is 1. The Bertz CT molecular complexity index is 234. The van der Waals surface area contributed by atoms with Crippen LogP contribution in [0, 0.1) is 11.8 Å². The van der Waals surface area contributed by atoms with Crippen molar-refractivity contribution in [2.24, 2.45) is 11.8 Å².